The minimum atomic E-state index is -0.955. The van der Waals surface area contributed by atoms with Gasteiger partial charge in [-0.15, -0.1) is 11.6 Å². The second-order valence-electron chi connectivity index (χ2n) is 5.39. The van der Waals surface area contributed by atoms with E-state index in [0.29, 0.717) is 11.3 Å². The molecular formula is C16H22ClNO3. The molecule has 0 aromatic heterocycles. The van der Waals surface area contributed by atoms with Gasteiger partial charge in [0, 0.05) is 12.4 Å². The molecule has 1 fully saturated rings. The third-order valence-electron chi connectivity index (χ3n) is 3.91. The van der Waals surface area contributed by atoms with Crippen LogP contribution in [0.25, 0.3) is 0 Å². The molecule has 0 amide bonds. The van der Waals surface area contributed by atoms with E-state index < -0.39 is 5.97 Å². The van der Waals surface area contributed by atoms with E-state index in [0.717, 1.165) is 32.5 Å². The Morgan fingerprint density at radius 3 is 2.95 bits per heavy atom. The van der Waals surface area contributed by atoms with E-state index >= 15 is 0 Å². The van der Waals surface area contributed by atoms with Crippen molar-refractivity contribution in [3.63, 3.8) is 0 Å². The molecule has 2 rings (SSSR count). The predicted octanol–water partition coefficient (Wildman–Crippen LogP) is 3.38. The molecule has 1 heterocycles. The van der Waals surface area contributed by atoms with Crippen LogP contribution in [0.15, 0.2) is 18.2 Å². The van der Waals surface area contributed by atoms with E-state index in [-0.39, 0.29) is 17.5 Å². The number of halogens is 1. The average molecular weight is 312 g/mol. The SMILES string of the molecule is CCN1CCCC[C@H](Oc2ccc(C(=O)O)c(CCl)c2)C1. The summed E-state index contributed by atoms with van der Waals surface area (Å²) in [6.45, 7) is 5.25. The molecule has 1 saturated heterocycles. The summed E-state index contributed by atoms with van der Waals surface area (Å²) in [6, 6.07) is 5.04. The molecule has 1 aromatic rings. The van der Waals surface area contributed by atoms with Crippen molar-refractivity contribution in [3.8, 4) is 5.75 Å². The van der Waals surface area contributed by atoms with E-state index in [9.17, 15) is 4.79 Å². The van der Waals surface area contributed by atoms with Crippen molar-refractivity contribution in [1.82, 2.24) is 4.90 Å². The van der Waals surface area contributed by atoms with Crippen molar-refractivity contribution in [2.75, 3.05) is 19.6 Å². The molecule has 21 heavy (non-hydrogen) atoms. The summed E-state index contributed by atoms with van der Waals surface area (Å²) in [6.07, 6.45) is 3.56. The lowest BCUT2D eigenvalue weighted by molar-refractivity contribution is 0.0696. The zero-order valence-electron chi connectivity index (χ0n) is 12.3. The summed E-state index contributed by atoms with van der Waals surface area (Å²) in [4.78, 5) is 13.5. The number of carboxylic acid groups (broad SMARTS) is 1. The summed E-state index contributed by atoms with van der Waals surface area (Å²) in [5.41, 5.74) is 0.844. The molecule has 5 heteroatoms. The van der Waals surface area contributed by atoms with Gasteiger partial charge in [0.2, 0.25) is 0 Å². The van der Waals surface area contributed by atoms with Crippen LogP contribution in [0.4, 0.5) is 0 Å². The average Bonchev–Trinajstić information content (AvgIpc) is 2.72. The Morgan fingerprint density at radius 1 is 1.48 bits per heavy atom. The van der Waals surface area contributed by atoms with Crippen LogP contribution in [-0.4, -0.2) is 41.7 Å². The van der Waals surface area contributed by atoms with Gasteiger partial charge in [-0.05, 0) is 56.1 Å². The van der Waals surface area contributed by atoms with Crippen molar-refractivity contribution in [1.29, 1.82) is 0 Å². The van der Waals surface area contributed by atoms with Gasteiger partial charge in [0.25, 0.3) is 0 Å². The summed E-state index contributed by atoms with van der Waals surface area (Å²) in [5, 5.41) is 9.11. The van der Waals surface area contributed by atoms with E-state index in [1.807, 2.05) is 0 Å². The smallest absolute Gasteiger partial charge is 0.336 e. The van der Waals surface area contributed by atoms with Crippen molar-refractivity contribution in [2.24, 2.45) is 0 Å². The molecule has 1 atom stereocenters. The Hall–Kier alpha value is -1.26. The number of ether oxygens (including phenoxy) is 1. The third kappa shape index (κ3) is 4.35. The first-order chi connectivity index (χ1) is 10.1. The maximum absolute atomic E-state index is 11.1. The molecule has 1 aliphatic heterocycles. The standard InChI is InChI=1S/C16H22ClNO3/c1-2-18-8-4-3-5-14(11-18)21-13-6-7-15(16(19)20)12(9-13)10-17/h6-7,9,14H,2-5,8,10-11H2,1H3,(H,19,20)/t14-/m0/s1. The molecule has 0 aliphatic carbocycles. The number of likely N-dealkylation sites (tertiary alicyclic amines) is 1. The number of rotatable bonds is 5. The number of hydrogen-bond acceptors (Lipinski definition) is 3. The Morgan fingerprint density at radius 2 is 2.29 bits per heavy atom. The van der Waals surface area contributed by atoms with Crippen molar-refractivity contribution < 1.29 is 14.6 Å². The highest BCUT2D eigenvalue weighted by Gasteiger charge is 2.19. The Bertz CT molecular complexity index is 492. The van der Waals surface area contributed by atoms with Gasteiger partial charge in [0.05, 0.1) is 5.56 Å². The molecule has 0 radical (unpaired) electrons. The molecule has 0 saturated carbocycles. The van der Waals surface area contributed by atoms with Gasteiger partial charge in [-0.3, -0.25) is 4.90 Å². The largest absolute Gasteiger partial charge is 0.489 e. The monoisotopic (exact) mass is 311 g/mol. The summed E-state index contributed by atoms with van der Waals surface area (Å²) >= 11 is 5.84. The Balaban J connectivity index is 2.09. The first-order valence-corrected chi connectivity index (χ1v) is 7.98. The number of alkyl halides is 1. The van der Waals surface area contributed by atoms with Gasteiger partial charge in [-0.1, -0.05) is 6.92 Å². The number of carbonyl (C=O) groups is 1. The fraction of sp³-hybridized carbons (Fsp3) is 0.562. The molecule has 0 bridgehead atoms. The van der Waals surface area contributed by atoms with Crippen LogP contribution in [0.2, 0.25) is 0 Å². The normalized spacial score (nSPS) is 20.0. The Labute approximate surface area is 130 Å². The first-order valence-electron chi connectivity index (χ1n) is 7.45. The topological polar surface area (TPSA) is 49.8 Å². The molecular weight excluding hydrogens is 290 g/mol. The summed E-state index contributed by atoms with van der Waals surface area (Å²) in [7, 11) is 0. The van der Waals surface area contributed by atoms with E-state index in [1.165, 1.54) is 6.42 Å². The summed E-state index contributed by atoms with van der Waals surface area (Å²) < 4.78 is 6.05. The fourth-order valence-electron chi connectivity index (χ4n) is 2.72. The number of likely N-dealkylation sites (N-methyl/N-ethyl adjacent to an activating group) is 1. The molecule has 0 unspecified atom stereocenters. The molecule has 116 valence electrons. The van der Waals surface area contributed by atoms with E-state index in [2.05, 4.69) is 11.8 Å². The molecule has 1 aromatic carbocycles. The minimum Gasteiger partial charge on any atom is -0.489 e. The van der Waals surface area contributed by atoms with Crippen LogP contribution in [0.3, 0.4) is 0 Å². The van der Waals surface area contributed by atoms with Crippen LogP contribution >= 0.6 is 11.6 Å². The van der Waals surface area contributed by atoms with Crippen LogP contribution in [-0.2, 0) is 5.88 Å². The van der Waals surface area contributed by atoms with Crippen LogP contribution in [0, 0.1) is 0 Å². The van der Waals surface area contributed by atoms with Crippen molar-refractivity contribution in [3.05, 3.63) is 29.3 Å². The maximum atomic E-state index is 11.1. The second-order valence-corrected chi connectivity index (χ2v) is 5.65. The zero-order valence-corrected chi connectivity index (χ0v) is 13.1. The Kier molecular flexibility index (Phi) is 5.88. The van der Waals surface area contributed by atoms with E-state index in [1.54, 1.807) is 18.2 Å². The molecule has 1 N–H and O–H groups in total. The molecule has 4 nitrogen and oxygen atoms in total. The lowest BCUT2D eigenvalue weighted by Crippen LogP contribution is -2.33. The highest BCUT2D eigenvalue weighted by molar-refractivity contribution is 6.17. The maximum Gasteiger partial charge on any atom is 0.336 e. The first kappa shape index (κ1) is 16.1. The number of benzene rings is 1. The van der Waals surface area contributed by atoms with Gasteiger partial charge >= 0.3 is 5.97 Å². The lowest BCUT2D eigenvalue weighted by atomic mass is 10.1. The fourth-order valence-corrected chi connectivity index (χ4v) is 2.94. The molecule has 1 aliphatic rings. The van der Waals surface area contributed by atoms with Crippen molar-refractivity contribution >= 4 is 17.6 Å². The quantitative estimate of drug-likeness (QED) is 0.847. The molecule has 0 spiro atoms. The third-order valence-corrected chi connectivity index (χ3v) is 4.20. The van der Waals surface area contributed by atoms with Gasteiger partial charge in [-0.2, -0.15) is 0 Å². The van der Waals surface area contributed by atoms with Crippen molar-refractivity contribution in [2.45, 2.75) is 38.2 Å². The zero-order chi connectivity index (χ0) is 15.2. The second kappa shape index (κ2) is 7.66. The van der Waals surface area contributed by atoms with Crippen LogP contribution in [0.1, 0.15) is 42.1 Å². The number of nitrogens with zero attached hydrogens (tertiary/aromatic N) is 1. The van der Waals surface area contributed by atoms with Gasteiger partial charge in [0.15, 0.2) is 0 Å². The van der Waals surface area contributed by atoms with E-state index in [4.69, 9.17) is 21.4 Å². The number of hydrogen-bond donors (Lipinski definition) is 1. The van der Waals surface area contributed by atoms with Crippen LogP contribution < -0.4 is 4.74 Å². The highest BCUT2D eigenvalue weighted by atomic mass is 35.5. The highest BCUT2D eigenvalue weighted by Crippen LogP contribution is 2.23. The number of carboxylic acids is 1. The number of aromatic carboxylic acids is 1. The lowest BCUT2D eigenvalue weighted by Gasteiger charge is -2.24. The minimum absolute atomic E-state index is 0.159. The summed E-state index contributed by atoms with van der Waals surface area (Å²) in [5.74, 6) is -0.0765. The van der Waals surface area contributed by atoms with Gasteiger partial charge in [0.1, 0.15) is 11.9 Å². The van der Waals surface area contributed by atoms with Crippen LogP contribution in [0.5, 0.6) is 5.75 Å². The van der Waals surface area contributed by atoms with Gasteiger partial charge in [-0.25, -0.2) is 4.79 Å². The predicted molar refractivity (Wildman–Crippen MR) is 83.3 cm³/mol. The van der Waals surface area contributed by atoms with Gasteiger partial charge < -0.3 is 9.84 Å².